The van der Waals surface area contributed by atoms with Crippen molar-refractivity contribution in [2.75, 3.05) is 6.61 Å². The van der Waals surface area contributed by atoms with Gasteiger partial charge in [-0.05, 0) is 6.92 Å². The number of hydrogen-bond acceptors (Lipinski definition) is 3. The predicted octanol–water partition coefficient (Wildman–Crippen LogP) is -0.224. The molecule has 0 bridgehead atoms. The molecule has 1 heterocycles. The Hall–Kier alpha value is -0.990. The second kappa shape index (κ2) is 1.51. The molecule has 0 unspecified atom stereocenters. The van der Waals surface area contributed by atoms with E-state index >= 15 is 0 Å². The molecule has 8 heavy (non-hydrogen) atoms. The zero-order chi connectivity index (χ0) is 6.15. The lowest BCUT2D eigenvalue weighted by Gasteiger charge is -1.85. The Morgan fingerprint density at radius 2 is 2.38 bits per heavy atom. The number of rotatable bonds is 0. The molecule has 44 valence electrons. The van der Waals surface area contributed by atoms with E-state index in [0.29, 0.717) is 11.3 Å². The molecule has 0 spiro atoms. The molecule has 3 heteroatoms. The number of cyclic esters (lactones) is 1. The molecule has 0 saturated carbocycles. The van der Waals surface area contributed by atoms with E-state index < -0.39 is 0 Å². The summed E-state index contributed by atoms with van der Waals surface area (Å²) in [7, 11) is 0. The van der Waals surface area contributed by atoms with Crippen molar-refractivity contribution in [3.8, 4) is 0 Å². The van der Waals surface area contributed by atoms with Gasteiger partial charge in [-0.2, -0.15) is 0 Å². The number of carbonyl (C=O) groups excluding carboxylic acids is 1. The third-order valence-electron chi connectivity index (χ3n) is 1.15. The number of ether oxygens (including phenoxy) is 1. The molecule has 0 aromatic heterocycles. The summed E-state index contributed by atoms with van der Waals surface area (Å²) in [5.74, 6) is -0.289. The van der Waals surface area contributed by atoms with Crippen molar-refractivity contribution in [3.05, 3.63) is 11.3 Å². The molecule has 1 rings (SSSR count). The minimum Gasteiger partial charge on any atom is -0.456 e. The second-order valence-electron chi connectivity index (χ2n) is 1.73. The maximum absolute atomic E-state index is 10.4. The molecule has 3 nitrogen and oxygen atoms in total. The fourth-order valence-electron chi connectivity index (χ4n) is 0.491. The SMILES string of the molecule is CC1=C(N)COC1=O. The minimum absolute atomic E-state index is 0.269. The highest BCUT2D eigenvalue weighted by molar-refractivity contribution is 5.90. The van der Waals surface area contributed by atoms with Crippen LogP contribution < -0.4 is 5.73 Å². The molecule has 0 fully saturated rings. The first kappa shape index (κ1) is 5.15. The Labute approximate surface area is 47.1 Å². The van der Waals surface area contributed by atoms with Crippen LogP contribution in [0.4, 0.5) is 0 Å². The van der Waals surface area contributed by atoms with Crippen LogP contribution in [-0.4, -0.2) is 12.6 Å². The summed E-state index contributed by atoms with van der Waals surface area (Å²) < 4.78 is 4.54. The van der Waals surface area contributed by atoms with Gasteiger partial charge in [0.1, 0.15) is 6.61 Å². The van der Waals surface area contributed by atoms with Crippen LogP contribution in [0.2, 0.25) is 0 Å². The molecule has 2 N–H and O–H groups in total. The first-order valence-corrected chi connectivity index (χ1v) is 2.34. The third-order valence-corrected chi connectivity index (χ3v) is 1.15. The number of nitrogens with two attached hydrogens (primary N) is 1. The van der Waals surface area contributed by atoms with Gasteiger partial charge in [-0.3, -0.25) is 0 Å². The highest BCUT2D eigenvalue weighted by Crippen LogP contribution is 2.08. The van der Waals surface area contributed by atoms with Gasteiger partial charge in [0.15, 0.2) is 0 Å². The zero-order valence-corrected chi connectivity index (χ0v) is 4.60. The van der Waals surface area contributed by atoms with Gasteiger partial charge in [0.05, 0.1) is 11.3 Å². The summed E-state index contributed by atoms with van der Waals surface area (Å²) in [5, 5.41) is 0. The van der Waals surface area contributed by atoms with Gasteiger partial charge < -0.3 is 10.5 Å². The highest BCUT2D eigenvalue weighted by atomic mass is 16.5. The van der Waals surface area contributed by atoms with E-state index in [-0.39, 0.29) is 12.6 Å². The van der Waals surface area contributed by atoms with Crippen LogP contribution in [0, 0.1) is 0 Å². The van der Waals surface area contributed by atoms with E-state index in [0.717, 1.165) is 0 Å². The van der Waals surface area contributed by atoms with Crippen molar-refractivity contribution in [1.29, 1.82) is 0 Å². The van der Waals surface area contributed by atoms with Crippen LogP contribution in [0.1, 0.15) is 6.92 Å². The molecule has 0 aromatic rings. The Kier molecular flexibility index (Phi) is 0.970. The zero-order valence-electron chi connectivity index (χ0n) is 4.60. The number of esters is 1. The Bertz CT molecular complexity index is 160. The van der Waals surface area contributed by atoms with Gasteiger partial charge in [0.25, 0.3) is 0 Å². The summed E-state index contributed by atoms with van der Waals surface area (Å²) in [5.41, 5.74) is 6.40. The normalized spacial score (nSPS) is 19.4. The molecule has 1 aliphatic rings. The maximum atomic E-state index is 10.4. The molecule has 0 aromatic carbocycles. The monoisotopic (exact) mass is 113 g/mol. The molecule has 1 aliphatic heterocycles. The Balaban J connectivity index is 2.86. The first-order valence-electron chi connectivity index (χ1n) is 2.34. The molecule has 0 aliphatic carbocycles. The van der Waals surface area contributed by atoms with Gasteiger partial charge in [-0.15, -0.1) is 0 Å². The quantitative estimate of drug-likeness (QED) is 0.442. The van der Waals surface area contributed by atoms with Crippen LogP contribution in [0.15, 0.2) is 11.3 Å². The summed E-state index contributed by atoms with van der Waals surface area (Å²) >= 11 is 0. The van der Waals surface area contributed by atoms with E-state index in [2.05, 4.69) is 4.74 Å². The van der Waals surface area contributed by atoms with Crippen molar-refractivity contribution in [3.63, 3.8) is 0 Å². The van der Waals surface area contributed by atoms with Gasteiger partial charge in [0.2, 0.25) is 0 Å². The number of hydrogen-bond donors (Lipinski definition) is 1. The van der Waals surface area contributed by atoms with Gasteiger partial charge in [0, 0.05) is 0 Å². The summed E-state index contributed by atoms with van der Waals surface area (Å²) in [6.07, 6.45) is 0. The maximum Gasteiger partial charge on any atom is 0.335 e. The van der Waals surface area contributed by atoms with Gasteiger partial charge >= 0.3 is 5.97 Å². The lowest BCUT2D eigenvalue weighted by atomic mass is 10.3. The highest BCUT2D eigenvalue weighted by Gasteiger charge is 2.17. The molecular weight excluding hydrogens is 106 g/mol. The number of carbonyl (C=O) groups is 1. The van der Waals surface area contributed by atoms with E-state index in [4.69, 9.17) is 5.73 Å². The van der Waals surface area contributed by atoms with E-state index in [1.165, 1.54) is 0 Å². The fraction of sp³-hybridized carbons (Fsp3) is 0.400. The van der Waals surface area contributed by atoms with E-state index in [1.807, 2.05) is 0 Å². The third kappa shape index (κ3) is 0.559. The topological polar surface area (TPSA) is 52.3 Å². The predicted molar refractivity (Wildman–Crippen MR) is 27.8 cm³/mol. The van der Waals surface area contributed by atoms with Crippen LogP contribution >= 0.6 is 0 Å². The lowest BCUT2D eigenvalue weighted by molar-refractivity contribution is -0.135. The van der Waals surface area contributed by atoms with Crippen molar-refractivity contribution in [2.45, 2.75) is 6.92 Å². The van der Waals surface area contributed by atoms with E-state index in [9.17, 15) is 4.79 Å². The smallest absolute Gasteiger partial charge is 0.335 e. The fourth-order valence-corrected chi connectivity index (χ4v) is 0.491. The summed E-state index contributed by atoms with van der Waals surface area (Å²) in [6.45, 7) is 1.93. The van der Waals surface area contributed by atoms with Crippen molar-refractivity contribution in [2.24, 2.45) is 5.73 Å². The van der Waals surface area contributed by atoms with Crippen molar-refractivity contribution < 1.29 is 9.53 Å². The van der Waals surface area contributed by atoms with Crippen LogP contribution in [0.3, 0.4) is 0 Å². The average molecular weight is 113 g/mol. The van der Waals surface area contributed by atoms with Crippen LogP contribution in [-0.2, 0) is 9.53 Å². The largest absolute Gasteiger partial charge is 0.456 e. The molecule has 0 amide bonds. The second-order valence-corrected chi connectivity index (χ2v) is 1.73. The molecule has 0 atom stereocenters. The minimum atomic E-state index is -0.289. The Morgan fingerprint density at radius 1 is 1.75 bits per heavy atom. The summed E-state index contributed by atoms with van der Waals surface area (Å²) in [6, 6.07) is 0. The molecule has 0 radical (unpaired) electrons. The summed E-state index contributed by atoms with van der Waals surface area (Å²) in [4.78, 5) is 10.4. The van der Waals surface area contributed by atoms with E-state index in [1.54, 1.807) is 6.92 Å². The van der Waals surface area contributed by atoms with Crippen molar-refractivity contribution >= 4 is 5.97 Å². The lowest BCUT2D eigenvalue weighted by Crippen LogP contribution is -1.98. The Morgan fingerprint density at radius 3 is 2.50 bits per heavy atom. The standard InChI is InChI=1S/C5H7NO2/c1-3-4(6)2-8-5(3)7/h2,6H2,1H3. The van der Waals surface area contributed by atoms with Crippen LogP contribution in [0.25, 0.3) is 0 Å². The van der Waals surface area contributed by atoms with Crippen molar-refractivity contribution in [1.82, 2.24) is 0 Å². The molecule has 0 saturated heterocycles. The van der Waals surface area contributed by atoms with Gasteiger partial charge in [-0.25, -0.2) is 4.79 Å². The first-order chi connectivity index (χ1) is 3.72. The average Bonchev–Trinajstić information content (AvgIpc) is 1.98. The molecular formula is C5H7NO2. The van der Waals surface area contributed by atoms with Gasteiger partial charge in [-0.1, -0.05) is 0 Å². The van der Waals surface area contributed by atoms with Crippen LogP contribution in [0.5, 0.6) is 0 Å².